The average Bonchev–Trinajstić information content (AvgIpc) is 2.57. The molecule has 3 fully saturated rings. The van der Waals surface area contributed by atoms with E-state index in [0.717, 1.165) is 5.56 Å². The van der Waals surface area contributed by atoms with Crippen molar-refractivity contribution in [1.82, 2.24) is 0 Å². The van der Waals surface area contributed by atoms with Crippen LogP contribution in [0.25, 0.3) is 0 Å². The van der Waals surface area contributed by atoms with Crippen LogP contribution in [0.5, 0.6) is 0 Å². The Morgan fingerprint density at radius 3 is 1.50 bits per heavy atom. The molecule has 3 heterocycles. The molecule has 0 N–H and O–H groups in total. The van der Waals surface area contributed by atoms with Gasteiger partial charge in [0.25, 0.3) is 0 Å². The van der Waals surface area contributed by atoms with Gasteiger partial charge in [-0.15, -0.1) is 0 Å². The molecule has 0 aromatic heterocycles. The van der Waals surface area contributed by atoms with Gasteiger partial charge in [-0.1, -0.05) is 59.7 Å². The van der Waals surface area contributed by atoms with Gasteiger partial charge < -0.3 is 14.2 Å². The van der Waals surface area contributed by atoms with Crippen molar-refractivity contribution in [3.05, 3.63) is 70.8 Å². The van der Waals surface area contributed by atoms with Crippen LogP contribution >= 0.6 is 0 Å². The lowest BCUT2D eigenvalue weighted by Crippen LogP contribution is -2.60. The maximum atomic E-state index is 6.03. The van der Waals surface area contributed by atoms with E-state index in [2.05, 4.69) is 50.2 Å². The topological polar surface area (TPSA) is 27.7 Å². The molecule has 0 amide bonds. The summed E-state index contributed by atoms with van der Waals surface area (Å²) in [5.74, 6) is -1.03. The number of hydrogen-bond acceptors (Lipinski definition) is 3. The summed E-state index contributed by atoms with van der Waals surface area (Å²) in [7, 11) is 0. The number of ether oxygens (including phenoxy) is 3. The van der Waals surface area contributed by atoms with Crippen molar-refractivity contribution in [2.45, 2.75) is 25.2 Å². The second-order valence-electron chi connectivity index (χ2n) is 6.43. The second kappa shape index (κ2) is 4.92. The van der Waals surface area contributed by atoms with Crippen molar-refractivity contribution < 1.29 is 14.2 Å². The first-order valence-electron chi connectivity index (χ1n) is 7.68. The lowest BCUT2D eigenvalue weighted by atomic mass is 9.80. The Bertz CT molecular complexity index is 587. The summed E-state index contributed by atoms with van der Waals surface area (Å²) < 4.78 is 18.1. The molecule has 2 aromatic carbocycles. The summed E-state index contributed by atoms with van der Waals surface area (Å²) >= 11 is 0. The van der Waals surface area contributed by atoms with E-state index in [1.54, 1.807) is 0 Å². The Labute approximate surface area is 130 Å². The molecule has 0 radical (unpaired) electrons. The van der Waals surface area contributed by atoms with Gasteiger partial charge in [0, 0.05) is 5.56 Å². The molecular weight excluding hydrogens is 276 g/mol. The third-order valence-electron chi connectivity index (χ3n) is 4.68. The van der Waals surface area contributed by atoms with Crippen molar-refractivity contribution in [3.8, 4) is 0 Å². The largest absolute Gasteiger partial charge is 0.322 e. The Morgan fingerprint density at radius 1 is 0.636 bits per heavy atom. The lowest BCUT2D eigenvalue weighted by molar-refractivity contribution is -0.466. The third-order valence-corrected chi connectivity index (χ3v) is 4.68. The molecule has 0 saturated carbocycles. The maximum Gasteiger partial charge on any atom is 0.312 e. The Hall–Kier alpha value is -1.68. The molecule has 114 valence electrons. The summed E-state index contributed by atoms with van der Waals surface area (Å²) in [6, 6.07) is 16.7. The zero-order chi connectivity index (χ0) is 15.2. The van der Waals surface area contributed by atoms with Gasteiger partial charge in [-0.25, -0.2) is 0 Å². The monoisotopic (exact) mass is 296 g/mol. The zero-order valence-electron chi connectivity index (χ0n) is 13.0. The van der Waals surface area contributed by atoms with Crippen LogP contribution in [0.2, 0.25) is 0 Å². The van der Waals surface area contributed by atoms with E-state index in [1.807, 2.05) is 12.1 Å². The molecule has 0 spiro atoms. The molecule has 3 nitrogen and oxygen atoms in total. The van der Waals surface area contributed by atoms with E-state index in [-0.39, 0.29) is 5.41 Å². The molecule has 22 heavy (non-hydrogen) atoms. The standard InChI is InChI=1S/C19H20O3/c1-14-3-7-16(8-4-14)18-11-20-19(21-12-18,22-13-18)17-9-5-15(2)6-10-17/h3-10H,11-13H2,1-2H3. The minimum Gasteiger partial charge on any atom is -0.322 e. The van der Waals surface area contributed by atoms with Crippen LogP contribution in [-0.2, 0) is 25.6 Å². The Kier molecular flexibility index (Phi) is 3.12. The number of hydrogen-bond donors (Lipinski definition) is 0. The Morgan fingerprint density at radius 2 is 1.05 bits per heavy atom. The number of fused-ring (bicyclic) bond motifs is 3. The normalized spacial score (nSPS) is 30.5. The van der Waals surface area contributed by atoms with Gasteiger partial charge >= 0.3 is 5.97 Å². The van der Waals surface area contributed by atoms with Crippen LogP contribution in [-0.4, -0.2) is 19.8 Å². The van der Waals surface area contributed by atoms with Gasteiger partial charge in [-0.05, 0) is 19.4 Å². The highest BCUT2D eigenvalue weighted by atomic mass is 16.9. The molecular formula is C19H20O3. The van der Waals surface area contributed by atoms with Crippen LogP contribution in [0.3, 0.4) is 0 Å². The lowest BCUT2D eigenvalue weighted by Gasteiger charge is -2.52. The van der Waals surface area contributed by atoms with Crippen molar-refractivity contribution >= 4 is 0 Å². The van der Waals surface area contributed by atoms with Gasteiger partial charge in [0.2, 0.25) is 0 Å². The summed E-state index contributed by atoms with van der Waals surface area (Å²) in [5.41, 5.74) is 4.41. The van der Waals surface area contributed by atoms with Gasteiger partial charge in [-0.2, -0.15) is 0 Å². The van der Waals surface area contributed by atoms with Crippen molar-refractivity contribution in [2.75, 3.05) is 19.8 Å². The molecule has 3 aliphatic heterocycles. The molecule has 0 unspecified atom stereocenters. The molecule has 0 atom stereocenters. The Balaban J connectivity index is 1.61. The molecule has 3 aliphatic rings. The first kappa shape index (κ1) is 13.9. The average molecular weight is 296 g/mol. The first-order chi connectivity index (χ1) is 10.6. The second-order valence-corrected chi connectivity index (χ2v) is 6.43. The fourth-order valence-electron chi connectivity index (χ4n) is 3.11. The highest BCUT2D eigenvalue weighted by Crippen LogP contribution is 2.45. The van der Waals surface area contributed by atoms with Gasteiger partial charge in [0.15, 0.2) is 0 Å². The van der Waals surface area contributed by atoms with E-state index in [1.165, 1.54) is 16.7 Å². The maximum absolute atomic E-state index is 6.03. The third kappa shape index (κ3) is 2.09. The van der Waals surface area contributed by atoms with Gasteiger partial charge in [0.1, 0.15) is 0 Å². The van der Waals surface area contributed by atoms with Crippen LogP contribution in [0, 0.1) is 13.8 Å². The summed E-state index contributed by atoms with van der Waals surface area (Å²) in [6.07, 6.45) is 0. The molecule has 2 bridgehead atoms. The molecule has 0 aliphatic carbocycles. The highest BCUT2D eigenvalue weighted by Gasteiger charge is 2.54. The summed E-state index contributed by atoms with van der Waals surface area (Å²) in [6.45, 7) is 6.00. The predicted molar refractivity (Wildman–Crippen MR) is 83.6 cm³/mol. The number of benzene rings is 2. The van der Waals surface area contributed by atoms with Crippen LogP contribution < -0.4 is 0 Å². The quantitative estimate of drug-likeness (QED) is 0.850. The predicted octanol–water partition coefficient (Wildman–Crippen LogP) is 3.43. The summed E-state index contributed by atoms with van der Waals surface area (Å²) in [4.78, 5) is 0. The van der Waals surface area contributed by atoms with Crippen LogP contribution in [0.15, 0.2) is 48.5 Å². The van der Waals surface area contributed by atoms with Crippen molar-refractivity contribution in [2.24, 2.45) is 0 Å². The van der Waals surface area contributed by atoms with E-state index in [0.29, 0.717) is 19.8 Å². The van der Waals surface area contributed by atoms with E-state index >= 15 is 0 Å². The van der Waals surface area contributed by atoms with Crippen molar-refractivity contribution in [3.63, 3.8) is 0 Å². The molecule has 2 aromatic rings. The minimum absolute atomic E-state index is 0.194. The van der Waals surface area contributed by atoms with E-state index in [9.17, 15) is 0 Å². The first-order valence-corrected chi connectivity index (χ1v) is 7.68. The van der Waals surface area contributed by atoms with Crippen molar-refractivity contribution in [1.29, 1.82) is 0 Å². The SMILES string of the molecule is Cc1ccc(C23COC(c4ccc(C)cc4)(OC2)OC3)cc1. The van der Waals surface area contributed by atoms with Crippen LogP contribution in [0.1, 0.15) is 22.3 Å². The smallest absolute Gasteiger partial charge is 0.312 e. The minimum atomic E-state index is -1.03. The number of rotatable bonds is 2. The van der Waals surface area contributed by atoms with Gasteiger partial charge in [-0.3, -0.25) is 0 Å². The van der Waals surface area contributed by atoms with Crippen LogP contribution in [0.4, 0.5) is 0 Å². The zero-order valence-corrected chi connectivity index (χ0v) is 13.0. The molecule has 3 saturated heterocycles. The fraction of sp³-hybridized carbons (Fsp3) is 0.368. The molecule has 5 rings (SSSR count). The fourth-order valence-corrected chi connectivity index (χ4v) is 3.11. The van der Waals surface area contributed by atoms with E-state index in [4.69, 9.17) is 14.2 Å². The summed E-state index contributed by atoms with van der Waals surface area (Å²) in [5, 5.41) is 0. The highest BCUT2D eigenvalue weighted by molar-refractivity contribution is 5.32. The molecule has 3 heteroatoms. The number of aryl methyl sites for hydroxylation is 2. The van der Waals surface area contributed by atoms with Gasteiger partial charge in [0.05, 0.1) is 25.2 Å². The van der Waals surface area contributed by atoms with E-state index < -0.39 is 5.97 Å².